The minimum absolute atomic E-state index is 0.531. The van der Waals surface area contributed by atoms with E-state index in [-0.39, 0.29) is 0 Å². The van der Waals surface area contributed by atoms with Crippen molar-refractivity contribution in [2.45, 2.75) is 31.4 Å². The van der Waals surface area contributed by atoms with Crippen LogP contribution < -0.4 is 5.73 Å². The molecule has 0 amide bonds. The fourth-order valence-corrected chi connectivity index (χ4v) is 2.21. The molecule has 1 saturated heterocycles. The second-order valence-corrected chi connectivity index (χ2v) is 4.49. The number of hydrogen-bond acceptors (Lipinski definition) is 3. The van der Waals surface area contributed by atoms with Gasteiger partial charge in [0.15, 0.2) is 0 Å². The molecule has 0 unspecified atom stereocenters. The Bertz CT molecular complexity index is 346. The maximum absolute atomic E-state index is 10.4. The van der Waals surface area contributed by atoms with Crippen molar-refractivity contribution in [2.75, 3.05) is 13.2 Å². The van der Waals surface area contributed by atoms with E-state index in [1.54, 1.807) is 0 Å². The first-order chi connectivity index (χ1) is 7.73. The summed E-state index contributed by atoms with van der Waals surface area (Å²) in [5.74, 6) is 0. The van der Waals surface area contributed by atoms with Crippen molar-refractivity contribution in [3.05, 3.63) is 35.4 Å². The third kappa shape index (κ3) is 2.61. The summed E-state index contributed by atoms with van der Waals surface area (Å²) in [4.78, 5) is 0. The summed E-state index contributed by atoms with van der Waals surface area (Å²) in [6.45, 7) is 1.84. The average molecular weight is 221 g/mol. The van der Waals surface area contributed by atoms with Crippen molar-refractivity contribution in [3.8, 4) is 0 Å². The van der Waals surface area contributed by atoms with Crippen LogP contribution in [0, 0.1) is 0 Å². The van der Waals surface area contributed by atoms with E-state index in [1.807, 2.05) is 18.2 Å². The van der Waals surface area contributed by atoms with Crippen LogP contribution in [-0.4, -0.2) is 23.9 Å². The van der Waals surface area contributed by atoms with Crippen molar-refractivity contribution in [3.63, 3.8) is 0 Å². The van der Waals surface area contributed by atoms with Gasteiger partial charge in [0, 0.05) is 26.2 Å². The van der Waals surface area contributed by atoms with Gasteiger partial charge < -0.3 is 15.6 Å². The summed E-state index contributed by atoms with van der Waals surface area (Å²) in [5, 5.41) is 10.4. The van der Waals surface area contributed by atoms with Crippen molar-refractivity contribution in [2.24, 2.45) is 5.73 Å². The zero-order valence-corrected chi connectivity index (χ0v) is 9.48. The van der Waals surface area contributed by atoms with Gasteiger partial charge in [0.1, 0.15) is 0 Å². The van der Waals surface area contributed by atoms with Crippen molar-refractivity contribution in [1.82, 2.24) is 0 Å². The molecular weight excluding hydrogens is 202 g/mol. The van der Waals surface area contributed by atoms with Crippen LogP contribution >= 0.6 is 0 Å². The minimum atomic E-state index is -0.608. The van der Waals surface area contributed by atoms with Gasteiger partial charge in [0.2, 0.25) is 0 Å². The Morgan fingerprint density at radius 1 is 1.19 bits per heavy atom. The molecule has 3 heteroatoms. The van der Waals surface area contributed by atoms with Gasteiger partial charge in [-0.2, -0.15) is 0 Å². The fourth-order valence-electron chi connectivity index (χ4n) is 2.21. The SMILES string of the molecule is NCc1ccccc1CC1(O)CCOCC1. The van der Waals surface area contributed by atoms with Gasteiger partial charge in [-0.05, 0) is 24.0 Å². The summed E-state index contributed by atoms with van der Waals surface area (Å²) >= 11 is 0. The fraction of sp³-hybridized carbons (Fsp3) is 0.538. The maximum atomic E-state index is 10.4. The zero-order valence-electron chi connectivity index (χ0n) is 9.48. The Balaban J connectivity index is 2.12. The van der Waals surface area contributed by atoms with E-state index >= 15 is 0 Å². The monoisotopic (exact) mass is 221 g/mol. The molecule has 2 rings (SSSR count). The molecule has 3 nitrogen and oxygen atoms in total. The molecule has 1 fully saturated rings. The molecule has 3 N–H and O–H groups in total. The van der Waals surface area contributed by atoms with Crippen molar-refractivity contribution < 1.29 is 9.84 Å². The number of benzene rings is 1. The summed E-state index contributed by atoms with van der Waals surface area (Å²) < 4.78 is 5.27. The van der Waals surface area contributed by atoms with Gasteiger partial charge in [-0.1, -0.05) is 24.3 Å². The van der Waals surface area contributed by atoms with E-state index in [4.69, 9.17) is 10.5 Å². The minimum Gasteiger partial charge on any atom is -0.389 e. The van der Waals surface area contributed by atoms with Gasteiger partial charge in [0.25, 0.3) is 0 Å². The van der Waals surface area contributed by atoms with Crippen molar-refractivity contribution >= 4 is 0 Å². The topological polar surface area (TPSA) is 55.5 Å². The van der Waals surface area contributed by atoms with E-state index in [2.05, 4.69) is 6.07 Å². The molecule has 1 heterocycles. The Morgan fingerprint density at radius 2 is 1.81 bits per heavy atom. The van der Waals surface area contributed by atoms with Crippen molar-refractivity contribution in [1.29, 1.82) is 0 Å². The van der Waals surface area contributed by atoms with Gasteiger partial charge in [-0.25, -0.2) is 0 Å². The smallest absolute Gasteiger partial charge is 0.0731 e. The summed E-state index contributed by atoms with van der Waals surface area (Å²) in [5.41, 5.74) is 7.37. The predicted molar refractivity (Wildman–Crippen MR) is 63.0 cm³/mol. The Morgan fingerprint density at radius 3 is 2.44 bits per heavy atom. The van der Waals surface area contributed by atoms with Crippen LogP contribution in [-0.2, 0) is 17.7 Å². The molecule has 0 atom stereocenters. The van der Waals surface area contributed by atoms with E-state index in [1.165, 1.54) is 0 Å². The molecule has 0 radical (unpaired) electrons. The number of aliphatic hydroxyl groups is 1. The molecule has 0 saturated carbocycles. The second kappa shape index (κ2) is 4.95. The molecule has 0 aromatic heterocycles. The number of ether oxygens (including phenoxy) is 1. The van der Waals surface area contributed by atoms with E-state index in [9.17, 15) is 5.11 Å². The highest BCUT2D eigenvalue weighted by atomic mass is 16.5. The predicted octanol–water partition coefficient (Wildman–Crippen LogP) is 1.23. The largest absolute Gasteiger partial charge is 0.389 e. The number of nitrogens with two attached hydrogens (primary N) is 1. The summed E-state index contributed by atoms with van der Waals surface area (Å²) in [7, 11) is 0. The molecule has 0 aliphatic carbocycles. The third-order valence-electron chi connectivity index (χ3n) is 3.28. The van der Waals surface area contributed by atoms with Crippen LogP contribution in [0.2, 0.25) is 0 Å². The van der Waals surface area contributed by atoms with E-state index < -0.39 is 5.60 Å². The first kappa shape index (κ1) is 11.6. The maximum Gasteiger partial charge on any atom is 0.0731 e. The van der Waals surface area contributed by atoms with E-state index in [0.29, 0.717) is 39.0 Å². The number of rotatable bonds is 3. The highest BCUT2D eigenvalue weighted by Crippen LogP contribution is 2.26. The van der Waals surface area contributed by atoms with Crippen LogP contribution in [0.3, 0.4) is 0 Å². The molecule has 1 aromatic carbocycles. The molecule has 1 aromatic rings. The van der Waals surface area contributed by atoms with Gasteiger partial charge in [-0.3, -0.25) is 0 Å². The van der Waals surface area contributed by atoms with Crippen LogP contribution in [0.5, 0.6) is 0 Å². The van der Waals surface area contributed by atoms with Crippen LogP contribution in [0.25, 0.3) is 0 Å². The number of hydrogen-bond donors (Lipinski definition) is 2. The Labute approximate surface area is 96.2 Å². The lowest BCUT2D eigenvalue weighted by Crippen LogP contribution is -2.38. The molecule has 0 spiro atoms. The summed E-state index contributed by atoms with van der Waals surface area (Å²) in [6.07, 6.45) is 2.11. The zero-order chi connectivity index (χ0) is 11.4. The Kier molecular flexibility index (Phi) is 3.59. The quantitative estimate of drug-likeness (QED) is 0.807. The van der Waals surface area contributed by atoms with Gasteiger partial charge >= 0.3 is 0 Å². The summed E-state index contributed by atoms with van der Waals surface area (Å²) in [6, 6.07) is 8.06. The lowest BCUT2D eigenvalue weighted by atomic mass is 9.86. The molecule has 16 heavy (non-hydrogen) atoms. The first-order valence-corrected chi connectivity index (χ1v) is 5.80. The van der Waals surface area contributed by atoms with Crippen LogP contribution in [0.4, 0.5) is 0 Å². The average Bonchev–Trinajstić information content (AvgIpc) is 2.30. The standard InChI is InChI=1S/C13H19NO2/c14-10-12-4-2-1-3-11(12)9-13(15)5-7-16-8-6-13/h1-4,15H,5-10,14H2. The lowest BCUT2D eigenvalue weighted by molar-refractivity contribution is -0.0626. The third-order valence-corrected chi connectivity index (χ3v) is 3.28. The van der Waals surface area contributed by atoms with Gasteiger partial charge in [-0.15, -0.1) is 0 Å². The normalized spacial score (nSPS) is 19.6. The molecule has 0 bridgehead atoms. The highest BCUT2D eigenvalue weighted by molar-refractivity contribution is 5.28. The van der Waals surface area contributed by atoms with Crippen LogP contribution in [0.15, 0.2) is 24.3 Å². The van der Waals surface area contributed by atoms with E-state index in [0.717, 1.165) is 11.1 Å². The molecule has 1 aliphatic rings. The molecule has 1 aliphatic heterocycles. The molecular formula is C13H19NO2. The molecule has 88 valence electrons. The Hall–Kier alpha value is -0.900. The lowest BCUT2D eigenvalue weighted by Gasteiger charge is -2.32. The highest BCUT2D eigenvalue weighted by Gasteiger charge is 2.30. The van der Waals surface area contributed by atoms with Crippen LogP contribution in [0.1, 0.15) is 24.0 Å². The second-order valence-electron chi connectivity index (χ2n) is 4.49. The van der Waals surface area contributed by atoms with Gasteiger partial charge in [0.05, 0.1) is 5.60 Å². The first-order valence-electron chi connectivity index (χ1n) is 5.80.